The highest BCUT2D eigenvalue weighted by Crippen LogP contribution is 2.21. The number of benzene rings is 1. The molecule has 0 aliphatic heterocycles. The molecule has 4 heteroatoms. The van der Waals surface area contributed by atoms with Gasteiger partial charge >= 0.3 is 0 Å². The summed E-state index contributed by atoms with van der Waals surface area (Å²) in [6.45, 7) is 1.88. The Bertz CT molecular complexity index is 317. The molecule has 0 aliphatic rings. The summed E-state index contributed by atoms with van der Waals surface area (Å²) >= 11 is 16.1. The molecule has 0 amide bonds. The smallest absolute Gasteiger partial charge is 0.0465 e. The van der Waals surface area contributed by atoms with Crippen molar-refractivity contribution >= 4 is 35.8 Å². The van der Waals surface area contributed by atoms with Gasteiger partial charge in [-0.3, -0.25) is 0 Å². The Morgan fingerprint density at radius 2 is 2.07 bits per heavy atom. The van der Waals surface area contributed by atoms with E-state index in [1.807, 2.05) is 12.1 Å². The van der Waals surface area contributed by atoms with Crippen LogP contribution in [0.2, 0.25) is 10.0 Å². The molecule has 84 valence electrons. The van der Waals surface area contributed by atoms with E-state index < -0.39 is 0 Å². The lowest BCUT2D eigenvalue weighted by Crippen LogP contribution is -2.19. The molecule has 0 heterocycles. The van der Waals surface area contributed by atoms with Gasteiger partial charge in [-0.25, -0.2) is 0 Å². The summed E-state index contributed by atoms with van der Waals surface area (Å²) in [6, 6.07) is 5.63. The van der Waals surface area contributed by atoms with Gasteiger partial charge in [-0.2, -0.15) is 12.6 Å². The van der Waals surface area contributed by atoms with Gasteiger partial charge in [0.05, 0.1) is 0 Å². The number of halogens is 2. The van der Waals surface area contributed by atoms with Gasteiger partial charge in [-0.15, -0.1) is 0 Å². The second-order valence-electron chi connectivity index (χ2n) is 3.55. The molecule has 0 N–H and O–H groups in total. The van der Waals surface area contributed by atoms with Crippen LogP contribution in [0.15, 0.2) is 18.2 Å². The first kappa shape index (κ1) is 13.2. The molecule has 1 aromatic carbocycles. The summed E-state index contributed by atoms with van der Waals surface area (Å²) in [5.41, 5.74) is 1.11. The van der Waals surface area contributed by atoms with Crippen LogP contribution in [0.25, 0.3) is 0 Å². The first-order valence-corrected chi connectivity index (χ1v) is 6.25. The summed E-state index contributed by atoms with van der Waals surface area (Å²) in [6.07, 6.45) is 1.09. The third-order valence-corrected chi connectivity index (χ3v) is 3.06. The minimum Gasteiger partial charge on any atom is -0.302 e. The Morgan fingerprint density at radius 1 is 1.33 bits per heavy atom. The van der Waals surface area contributed by atoms with Crippen molar-refractivity contribution < 1.29 is 0 Å². The van der Waals surface area contributed by atoms with E-state index in [4.69, 9.17) is 23.2 Å². The predicted octanol–water partition coefficient (Wildman–Crippen LogP) is 3.75. The molecule has 0 atom stereocenters. The summed E-state index contributed by atoms with van der Waals surface area (Å²) in [5, 5.41) is 1.42. The molecule has 1 nitrogen and oxygen atoms in total. The van der Waals surface area contributed by atoms with Gasteiger partial charge in [0.15, 0.2) is 0 Å². The molecule has 0 radical (unpaired) electrons. The van der Waals surface area contributed by atoms with Gasteiger partial charge in [0.25, 0.3) is 0 Å². The Balaban J connectivity index is 2.56. The maximum Gasteiger partial charge on any atom is 0.0465 e. The first-order valence-electron chi connectivity index (χ1n) is 4.87. The van der Waals surface area contributed by atoms with Gasteiger partial charge in [0, 0.05) is 16.6 Å². The molecular weight excluding hydrogens is 249 g/mol. The molecule has 0 saturated carbocycles. The Labute approximate surface area is 107 Å². The third-order valence-electron chi connectivity index (χ3n) is 2.15. The molecule has 0 bridgehead atoms. The van der Waals surface area contributed by atoms with Gasteiger partial charge in [0.2, 0.25) is 0 Å². The van der Waals surface area contributed by atoms with Crippen LogP contribution in [-0.4, -0.2) is 24.2 Å². The largest absolute Gasteiger partial charge is 0.302 e. The fourth-order valence-corrected chi connectivity index (χ4v) is 1.97. The van der Waals surface area contributed by atoms with Crippen molar-refractivity contribution in [1.29, 1.82) is 0 Å². The van der Waals surface area contributed by atoms with Gasteiger partial charge in [0.1, 0.15) is 0 Å². The molecule has 1 aromatic rings. The highest BCUT2D eigenvalue weighted by Gasteiger charge is 2.04. The van der Waals surface area contributed by atoms with E-state index in [2.05, 4.69) is 24.6 Å². The fourth-order valence-electron chi connectivity index (χ4n) is 1.36. The van der Waals surface area contributed by atoms with Crippen LogP contribution < -0.4 is 0 Å². The zero-order valence-corrected chi connectivity index (χ0v) is 11.1. The van der Waals surface area contributed by atoms with Crippen molar-refractivity contribution in [3.63, 3.8) is 0 Å². The second kappa shape index (κ2) is 6.64. The first-order chi connectivity index (χ1) is 7.13. The summed E-state index contributed by atoms with van der Waals surface area (Å²) < 4.78 is 0. The van der Waals surface area contributed by atoms with Crippen LogP contribution in [-0.2, 0) is 6.54 Å². The Kier molecular flexibility index (Phi) is 5.83. The number of hydrogen-bond acceptors (Lipinski definition) is 2. The van der Waals surface area contributed by atoms with E-state index in [0.29, 0.717) is 5.02 Å². The molecule has 15 heavy (non-hydrogen) atoms. The van der Waals surface area contributed by atoms with Crippen LogP contribution in [0, 0.1) is 0 Å². The van der Waals surface area contributed by atoms with Crippen LogP contribution in [0.5, 0.6) is 0 Å². The maximum absolute atomic E-state index is 6.08. The molecule has 0 unspecified atom stereocenters. The van der Waals surface area contributed by atoms with Crippen molar-refractivity contribution in [2.24, 2.45) is 0 Å². The Hall–Kier alpha value is 0.110. The topological polar surface area (TPSA) is 3.24 Å². The summed E-state index contributed by atoms with van der Waals surface area (Å²) in [7, 11) is 2.08. The van der Waals surface area contributed by atoms with E-state index in [1.165, 1.54) is 0 Å². The van der Waals surface area contributed by atoms with Crippen molar-refractivity contribution in [2.45, 2.75) is 13.0 Å². The molecule has 0 aliphatic carbocycles. The van der Waals surface area contributed by atoms with E-state index in [0.717, 1.165) is 35.8 Å². The van der Waals surface area contributed by atoms with Crippen LogP contribution in [0.4, 0.5) is 0 Å². The lowest BCUT2D eigenvalue weighted by Gasteiger charge is -2.16. The SMILES string of the molecule is CN(CCCS)Cc1ccc(Cl)cc1Cl. The summed E-state index contributed by atoms with van der Waals surface area (Å²) in [5.74, 6) is 0.915. The minimum absolute atomic E-state index is 0.682. The normalized spacial score (nSPS) is 11.0. The van der Waals surface area contributed by atoms with Crippen molar-refractivity contribution in [1.82, 2.24) is 4.90 Å². The average Bonchev–Trinajstić information content (AvgIpc) is 2.19. The van der Waals surface area contributed by atoms with E-state index >= 15 is 0 Å². The highest BCUT2D eigenvalue weighted by molar-refractivity contribution is 7.80. The van der Waals surface area contributed by atoms with E-state index in [9.17, 15) is 0 Å². The molecule has 1 rings (SSSR count). The monoisotopic (exact) mass is 263 g/mol. The molecule has 0 fully saturated rings. The fraction of sp³-hybridized carbons (Fsp3) is 0.455. The Morgan fingerprint density at radius 3 is 2.67 bits per heavy atom. The van der Waals surface area contributed by atoms with Crippen LogP contribution in [0.3, 0.4) is 0 Å². The lowest BCUT2D eigenvalue weighted by atomic mass is 10.2. The summed E-state index contributed by atoms with van der Waals surface area (Å²) in [4.78, 5) is 2.23. The molecular formula is C11H15Cl2NS. The van der Waals surface area contributed by atoms with Crippen molar-refractivity contribution in [2.75, 3.05) is 19.3 Å². The minimum atomic E-state index is 0.682. The zero-order chi connectivity index (χ0) is 11.3. The van der Waals surface area contributed by atoms with Crippen LogP contribution >= 0.6 is 35.8 Å². The van der Waals surface area contributed by atoms with E-state index in [1.54, 1.807) is 6.07 Å². The maximum atomic E-state index is 6.08. The van der Waals surface area contributed by atoms with Gasteiger partial charge < -0.3 is 4.90 Å². The standard InChI is InChI=1S/C11H15Cl2NS/c1-14(5-2-6-15)8-9-3-4-10(12)7-11(9)13/h3-4,7,15H,2,5-6,8H2,1H3. The number of hydrogen-bond donors (Lipinski definition) is 1. The second-order valence-corrected chi connectivity index (χ2v) is 4.84. The third kappa shape index (κ3) is 4.64. The number of nitrogens with zero attached hydrogens (tertiary/aromatic N) is 1. The van der Waals surface area contributed by atoms with Gasteiger partial charge in [-0.1, -0.05) is 29.3 Å². The van der Waals surface area contributed by atoms with Crippen LogP contribution in [0.1, 0.15) is 12.0 Å². The van der Waals surface area contributed by atoms with Crippen molar-refractivity contribution in [3.8, 4) is 0 Å². The quantitative estimate of drug-likeness (QED) is 0.793. The van der Waals surface area contributed by atoms with Crippen molar-refractivity contribution in [3.05, 3.63) is 33.8 Å². The zero-order valence-electron chi connectivity index (χ0n) is 8.71. The number of thiol groups is 1. The molecule has 0 aromatic heterocycles. The van der Waals surface area contributed by atoms with Gasteiger partial charge in [-0.05, 0) is 43.5 Å². The lowest BCUT2D eigenvalue weighted by molar-refractivity contribution is 0.329. The highest BCUT2D eigenvalue weighted by atomic mass is 35.5. The number of rotatable bonds is 5. The molecule has 0 saturated heterocycles. The average molecular weight is 264 g/mol. The predicted molar refractivity (Wildman–Crippen MR) is 71.3 cm³/mol. The molecule has 0 spiro atoms. The van der Waals surface area contributed by atoms with E-state index in [-0.39, 0.29) is 0 Å².